The molecule has 7 nitrogen and oxygen atoms in total. The number of hydrogen-bond acceptors (Lipinski definition) is 4. The third kappa shape index (κ3) is 4.66. The van der Waals surface area contributed by atoms with Crippen LogP contribution in [0.1, 0.15) is 36.0 Å². The average Bonchev–Trinajstić information content (AvgIpc) is 3.47. The van der Waals surface area contributed by atoms with Crippen LogP contribution in [0.4, 0.5) is 0 Å². The van der Waals surface area contributed by atoms with Gasteiger partial charge >= 0.3 is 11.8 Å². The van der Waals surface area contributed by atoms with Crippen LogP contribution < -0.4 is 16.2 Å². The molecule has 134 valence electrons. The van der Waals surface area contributed by atoms with Gasteiger partial charge in [0.1, 0.15) is 0 Å². The van der Waals surface area contributed by atoms with Crippen molar-refractivity contribution in [2.45, 2.75) is 31.7 Å². The van der Waals surface area contributed by atoms with E-state index in [0.29, 0.717) is 5.56 Å². The van der Waals surface area contributed by atoms with Crippen LogP contribution in [0.2, 0.25) is 0 Å². The molecule has 7 heteroatoms. The molecule has 0 saturated heterocycles. The summed E-state index contributed by atoms with van der Waals surface area (Å²) in [6, 6.07) is 13.1. The largest absolute Gasteiger partial charge is 0.345 e. The van der Waals surface area contributed by atoms with E-state index in [1.165, 1.54) is 0 Å². The summed E-state index contributed by atoms with van der Waals surface area (Å²) in [4.78, 5) is 46.9. The normalized spacial score (nSPS) is 13.1. The molecule has 0 aromatic heterocycles. The van der Waals surface area contributed by atoms with E-state index in [-0.39, 0.29) is 24.7 Å². The number of hydrogen-bond donors (Lipinski definition) is 3. The van der Waals surface area contributed by atoms with Gasteiger partial charge in [0, 0.05) is 24.4 Å². The van der Waals surface area contributed by atoms with Crippen molar-refractivity contribution in [2.75, 3.05) is 0 Å². The van der Waals surface area contributed by atoms with E-state index in [2.05, 4.69) is 10.7 Å². The molecule has 0 radical (unpaired) electrons. The number of rotatable bonds is 5. The van der Waals surface area contributed by atoms with Crippen LogP contribution in [0.25, 0.3) is 10.8 Å². The SMILES string of the molecule is O=C(CCC(=O)c1ccc2ccccc2c1)NNC(=O)C(=O)NC1CC1. The Balaban J connectivity index is 1.44. The fourth-order valence-electron chi connectivity index (χ4n) is 2.46. The zero-order valence-corrected chi connectivity index (χ0v) is 14.1. The van der Waals surface area contributed by atoms with E-state index in [0.717, 1.165) is 23.6 Å². The Labute approximate surface area is 150 Å². The third-order valence-corrected chi connectivity index (χ3v) is 4.08. The second-order valence-corrected chi connectivity index (χ2v) is 6.24. The van der Waals surface area contributed by atoms with E-state index >= 15 is 0 Å². The van der Waals surface area contributed by atoms with E-state index in [1.807, 2.05) is 35.8 Å². The highest BCUT2D eigenvalue weighted by Gasteiger charge is 2.26. The van der Waals surface area contributed by atoms with Gasteiger partial charge in [-0.1, -0.05) is 36.4 Å². The van der Waals surface area contributed by atoms with Crippen LogP contribution in [0.5, 0.6) is 0 Å². The predicted molar refractivity (Wildman–Crippen MR) is 95.0 cm³/mol. The van der Waals surface area contributed by atoms with Crippen LogP contribution in [-0.2, 0) is 14.4 Å². The van der Waals surface area contributed by atoms with Gasteiger partial charge in [0.2, 0.25) is 5.91 Å². The standard InChI is InChI=1S/C19H19N3O4/c23-16(14-6-5-12-3-1-2-4-13(12)11-14)9-10-17(24)21-22-19(26)18(25)20-15-7-8-15/h1-6,11,15H,7-10H2,(H,20,25)(H,21,24)(H,22,26). The van der Waals surface area contributed by atoms with E-state index in [9.17, 15) is 19.2 Å². The minimum absolute atomic E-state index is 0.00825. The highest BCUT2D eigenvalue weighted by atomic mass is 16.2. The van der Waals surface area contributed by atoms with Crippen molar-refractivity contribution in [2.24, 2.45) is 0 Å². The maximum Gasteiger partial charge on any atom is 0.327 e. The topological polar surface area (TPSA) is 104 Å². The fraction of sp³-hybridized carbons (Fsp3) is 0.263. The lowest BCUT2D eigenvalue weighted by molar-refractivity contribution is -0.141. The number of nitrogens with one attached hydrogen (secondary N) is 3. The van der Waals surface area contributed by atoms with Crippen molar-refractivity contribution in [1.82, 2.24) is 16.2 Å². The quantitative estimate of drug-likeness (QED) is 0.427. The van der Waals surface area contributed by atoms with Gasteiger partial charge in [0.15, 0.2) is 5.78 Å². The zero-order valence-electron chi connectivity index (χ0n) is 14.1. The highest BCUT2D eigenvalue weighted by molar-refractivity contribution is 6.35. The van der Waals surface area contributed by atoms with Crippen molar-refractivity contribution in [1.29, 1.82) is 0 Å². The second-order valence-electron chi connectivity index (χ2n) is 6.24. The summed E-state index contributed by atoms with van der Waals surface area (Å²) in [6.07, 6.45) is 1.65. The lowest BCUT2D eigenvalue weighted by Gasteiger charge is -2.07. The lowest BCUT2D eigenvalue weighted by Crippen LogP contribution is -2.49. The number of benzene rings is 2. The van der Waals surface area contributed by atoms with Crippen molar-refractivity contribution >= 4 is 34.3 Å². The van der Waals surface area contributed by atoms with Gasteiger partial charge < -0.3 is 5.32 Å². The molecule has 2 aromatic rings. The summed E-state index contributed by atoms with van der Waals surface area (Å²) in [5.74, 6) is -2.40. The van der Waals surface area contributed by atoms with Gasteiger partial charge in [0.05, 0.1) is 0 Å². The molecule has 0 heterocycles. The number of carbonyl (C=O) groups is 4. The molecule has 1 aliphatic carbocycles. The Kier molecular flexibility index (Phi) is 5.26. The van der Waals surface area contributed by atoms with Gasteiger partial charge in [-0.2, -0.15) is 0 Å². The second kappa shape index (κ2) is 7.77. The van der Waals surface area contributed by atoms with Crippen LogP contribution in [-0.4, -0.2) is 29.5 Å². The number of carbonyl (C=O) groups excluding carboxylic acids is 4. The van der Waals surface area contributed by atoms with E-state index in [1.54, 1.807) is 12.1 Å². The monoisotopic (exact) mass is 353 g/mol. The molecule has 2 aromatic carbocycles. The van der Waals surface area contributed by atoms with Gasteiger partial charge in [-0.05, 0) is 29.7 Å². The van der Waals surface area contributed by atoms with Crippen LogP contribution in [0, 0.1) is 0 Å². The molecular formula is C19H19N3O4. The lowest BCUT2D eigenvalue weighted by atomic mass is 10.0. The number of hydrazine groups is 1. The highest BCUT2D eigenvalue weighted by Crippen LogP contribution is 2.18. The Morgan fingerprint density at radius 2 is 1.58 bits per heavy atom. The van der Waals surface area contributed by atoms with Crippen LogP contribution in [0.3, 0.4) is 0 Å². The molecule has 3 amide bonds. The summed E-state index contributed by atoms with van der Waals surface area (Å²) >= 11 is 0. The molecule has 1 aliphatic rings. The number of fused-ring (bicyclic) bond motifs is 1. The van der Waals surface area contributed by atoms with Gasteiger partial charge in [-0.25, -0.2) is 0 Å². The number of Topliss-reactive ketones (excluding diaryl/α,β-unsaturated/α-hetero) is 1. The first kappa shape index (κ1) is 17.6. The van der Waals surface area contributed by atoms with Gasteiger partial charge in [-0.3, -0.25) is 30.0 Å². The molecule has 0 unspecified atom stereocenters. The van der Waals surface area contributed by atoms with Crippen molar-refractivity contribution < 1.29 is 19.2 Å². The predicted octanol–water partition coefficient (Wildman–Crippen LogP) is 1.23. The summed E-state index contributed by atoms with van der Waals surface area (Å²) < 4.78 is 0. The maximum absolute atomic E-state index is 12.2. The smallest absolute Gasteiger partial charge is 0.327 e. The summed E-state index contributed by atoms with van der Waals surface area (Å²) in [7, 11) is 0. The van der Waals surface area contributed by atoms with Crippen LogP contribution >= 0.6 is 0 Å². The van der Waals surface area contributed by atoms with E-state index < -0.39 is 17.7 Å². The van der Waals surface area contributed by atoms with Crippen molar-refractivity contribution in [3.63, 3.8) is 0 Å². The summed E-state index contributed by atoms with van der Waals surface area (Å²) in [5, 5.41) is 4.50. The summed E-state index contributed by atoms with van der Waals surface area (Å²) in [6.45, 7) is 0. The van der Waals surface area contributed by atoms with Gasteiger partial charge in [-0.15, -0.1) is 0 Å². The van der Waals surface area contributed by atoms with E-state index in [4.69, 9.17) is 0 Å². The first-order valence-corrected chi connectivity index (χ1v) is 8.44. The average molecular weight is 353 g/mol. The summed E-state index contributed by atoms with van der Waals surface area (Å²) in [5.41, 5.74) is 4.71. The number of amides is 3. The molecular weight excluding hydrogens is 334 g/mol. The van der Waals surface area contributed by atoms with Crippen LogP contribution in [0.15, 0.2) is 42.5 Å². The molecule has 3 N–H and O–H groups in total. The maximum atomic E-state index is 12.2. The fourth-order valence-corrected chi connectivity index (χ4v) is 2.46. The molecule has 26 heavy (non-hydrogen) atoms. The minimum atomic E-state index is -0.925. The number of ketones is 1. The Bertz CT molecular complexity index is 874. The molecule has 0 atom stereocenters. The minimum Gasteiger partial charge on any atom is -0.345 e. The zero-order chi connectivity index (χ0) is 18.5. The molecule has 0 aliphatic heterocycles. The van der Waals surface area contributed by atoms with Crippen molar-refractivity contribution in [3.8, 4) is 0 Å². The molecule has 1 fully saturated rings. The molecule has 1 saturated carbocycles. The molecule has 0 bridgehead atoms. The van der Waals surface area contributed by atoms with Crippen molar-refractivity contribution in [3.05, 3.63) is 48.0 Å². The first-order chi connectivity index (χ1) is 12.5. The Morgan fingerprint density at radius 3 is 2.31 bits per heavy atom. The third-order valence-electron chi connectivity index (χ3n) is 4.08. The molecule has 3 rings (SSSR count). The first-order valence-electron chi connectivity index (χ1n) is 8.44. The Hall–Kier alpha value is -3.22. The molecule has 0 spiro atoms. The van der Waals surface area contributed by atoms with Gasteiger partial charge in [0.25, 0.3) is 0 Å². The Morgan fingerprint density at radius 1 is 0.846 bits per heavy atom.